The third-order valence-electron chi connectivity index (χ3n) is 2.48. The van der Waals surface area contributed by atoms with E-state index in [1.165, 1.54) is 0 Å². The van der Waals surface area contributed by atoms with Crippen molar-refractivity contribution in [3.05, 3.63) is 18.6 Å². The lowest BCUT2D eigenvalue weighted by atomic mass is 10.3. The molecule has 0 bridgehead atoms. The maximum Gasteiger partial charge on any atom is 0.180 e. The first-order valence-electron chi connectivity index (χ1n) is 4.91. The molecule has 0 amide bonds. The van der Waals surface area contributed by atoms with Gasteiger partial charge in [0.05, 0.1) is 6.20 Å². The minimum absolute atomic E-state index is 0.361. The van der Waals surface area contributed by atoms with Crippen LogP contribution in [0.1, 0.15) is 13.8 Å². The molecule has 0 aromatic carbocycles. The molecule has 0 fully saturated rings. The summed E-state index contributed by atoms with van der Waals surface area (Å²) in [6, 6.07) is 0.361. The summed E-state index contributed by atoms with van der Waals surface area (Å²) in [6.45, 7) is 4.20. The van der Waals surface area contributed by atoms with Crippen molar-refractivity contribution in [2.24, 2.45) is 0 Å². The number of hydrogen-bond donors (Lipinski definition) is 1. The smallest absolute Gasteiger partial charge is 0.180 e. The average molecular weight is 205 g/mol. The predicted octanol–water partition coefficient (Wildman–Crippen LogP) is 1.16. The van der Waals surface area contributed by atoms with Gasteiger partial charge in [0, 0.05) is 25.5 Å². The number of nitrogens with zero attached hydrogens (tertiary/aromatic N) is 4. The molecular formula is C10H15N5. The van der Waals surface area contributed by atoms with Crippen LogP contribution in [-0.4, -0.2) is 27.5 Å². The minimum Gasteiger partial charge on any atom is -0.382 e. The average Bonchev–Trinajstić information content (AvgIpc) is 2.62. The van der Waals surface area contributed by atoms with Gasteiger partial charge in [-0.25, -0.2) is 9.97 Å². The predicted molar refractivity (Wildman–Crippen MR) is 60.9 cm³/mol. The van der Waals surface area contributed by atoms with E-state index in [2.05, 4.69) is 28.7 Å². The highest BCUT2D eigenvalue weighted by atomic mass is 15.2. The molecule has 0 saturated carbocycles. The molecule has 2 aromatic heterocycles. The van der Waals surface area contributed by atoms with Gasteiger partial charge in [-0.2, -0.15) is 0 Å². The number of aromatic nitrogens is 3. The Morgan fingerprint density at radius 3 is 2.87 bits per heavy atom. The Morgan fingerprint density at radius 1 is 1.47 bits per heavy atom. The number of imidazole rings is 1. The Hall–Kier alpha value is -1.78. The van der Waals surface area contributed by atoms with Crippen molar-refractivity contribution in [1.29, 1.82) is 0 Å². The Morgan fingerprint density at radius 2 is 2.20 bits per heavy atom. The van der Waals surface area contributed by atoms with E-state index in [4.69, 9.17) is 5.73 Å². The summed E-state index contributed by atoms with van der Waals surface area (Å²) in [7, 11) is 1.99. The normalized spacial score (nSPS) is 11.2. The summed E-state index contributed by atoms with van der Waals surface area (Å²) >= 11 is 0. The molecule has 0 saturated heterocycles. The van der Waals surface area contributed by atoms with Gasteiger partial charge < -0.3 is 15.0 Å². The molecule has 2 rings (SSSR count). The van der Waals surface area contributed by atoms with Crippen LogP contribution in [0.25, 0.3) is 5.65 Å². The van der Waals surface area contributed by atoms with Crippen molar-refractivity contribution in [3.63, 3.8) is 0 Å². The lowest BCUT2D eigenvalue weighted by molar-refractivity contribution is 0.743. The van der Waals surface area contributed by atoms with Crippen molar-refractivity contribution >= 4 is 17.3 Å². The largest absolute Gasteiger partial charge is 0.382 e. The van der Waals surface area contributed by atoms with Gasteiger partial charge in [-0.05, 0) is 13.8 Å². The molecule has 0 spiro atoms. The van der Waals surface area contributed by atoms with Crippen LogP contribution >= 0.6 is 0 Å². The van der Waals surface area contributed by atoms with Crippen molar-refractivity contribution in [3.8, 4) is 0 Å². The van der Waals surface area contributed by atoms with Crippen molar-refractivity contribution in [1.82, 2.24) is 14.4 Å². The molecule has 2 aromatic rings. The maximum atomic E-state index is 5.74. The van der Waals surface area contributed by atoms with Gasteiger partial charge in [-0.15, -0.1) is 0 Å². The molecule has 0 aliphatic rings. The number of anilines is 2. The van der Waals surface area contributed by atoms with E-state index in [0.717, 1.165) is 11.5 Å². The molecule has 0 aliphatic carbocycles. The monoisotopic (exact) mass is 205 g/mol. The van der Waals surface area contributed by atoms with Crippen LogP contribution in [0.15, 0.2) is 18.6 Å². The fourth-order valence-electron chi connectivity index (χ4n) is 1.42. The van der Waals surface area contributed by atoms with Crippen molar-refractivity contribution in [2.75, 3.05) is 17.7 Å². The van der Waals surface area contributed by atoms with Crippen LogP contribution in [0.5, 0.6) is 0 Å². The summed E-state index contributed by atoms with van der Waals surface area (Å²) < 4.78 is 1.89. The minimum atomic E-state index is 0.361. The Bertz CT molecular complexity index is 474. The van der Waals surface area contributed by atoms with Gasteiger partial charge in [0.2, 0.25) is 0 Å². The summed E-state index contributed by atoms with van der Waals surface area (Å²) in [5, 5.41) is 0. The van der Waals surface area contributed by atoms with Gasteiger partial charge in [-0.3, -0.25) is 0 Å². The first-order valence-corrected chi connectivity index (χ1v) is 4.91. The zero-order valence-electron chi connectivity index (χ0n) is 9.18. The molecule has 15 heavy (non-hydrogen) atoms. The highest BCUT2D eigenvalue weighted by Gasteiger charge is 2.12. The second-order valence-corrected chi connectivity index (χ2v) is 3.85. The number of rotatable bonds is 2. The Kier molecular flexibility index (Phi) is 2.22. The lowest BCUT2D eigenvalue weighted by Gasteiger charge is -2.22. The van der Waals surface area contributed by atoms with E-state index in [1.54, 1.807) is 12.4 Å². The third-order valence-corrected chi connectivity index (χ3v) is 2.48. The molecule has 0 aliphatic heterocycles. The topological polar surface area (TPSA) is 59.5 Å². The number of fused-ring (bicyclic) bond motifs is 1. The summed E-state index contributed by atoms with van der Waals surface area (Å²) in [5.41, 5.74) is 6.57. The highest BCUT2D eigenvalue weighted by Crippen LogP contribution is 2.19. The quantitative estimate of drug-likeness (QED) is 0.799. The first-order chi connectivity index (χ1) is 7.09. The van der Waals surface area contributed by atoms with Crippen LogP contribution in [0.2, 0.25) is 0 Å². The van der Waals surface area contributed by atoms with E-state index < -0.39 is 0 Å². The van der Waals surface area contributed by atoms with E-state index >= 15 is 0 Å². The molecule has 80 valence electrons. The van der Waals surface area contributed by atoms with Crippen LogP contribution in [-0.2, 0) is 0 Å². The van der Waals surface area contributed by atoms with Crippen LogP contribution in [0, 0.1) is 0 Å². The zero-order chi connectivity index (χ0) is 11.0. The molecule has 2 heterocycles. The molecule has 0 atom stereocenters. The van der Waals surface area contributed by atoms with Gasteiger partial charge in [0.25, 0.3) is 0 Å². The van der Waals surface area contributed by atoms with Crippen LogP contribution in [0.3, 0.4) is 0 Å². The third kappa shape index (κ3) is 1.60. The van der Waals surface area contributed by atoms with E-state index in [0.29, 0.717) is 11.9 Å². The fraction of sp³-hybridized carbons (Fsp3) is 0.400. The zero-order valence-corrected chi connectivity index (χ0v) is 9.18. The number of nitrogen functional groups attached to an aromatic ring is 1. The van der Waals surface area contributed by atoms with E-state index in [1.807, 2.05) is 17.6 Å². The summed E-state index contributed by atoms with van der Waals surface area (Å²) in [5.74, 6) is 1.32. The van der Waals surface area contributed by atoms with Gasteiger partial charge in [-0.1, -0.05) is 0 Å². The number of nitrogens with two attached hydrogens (primary N) is 1. The first kappa shape index (κ1) is 9.76. The number of hydrogen-bond acceptors (Lipinski definition) is 4. The Balaban J connectivity index is 2.62. The summed E-state index contributed by atoms with van der Waals surface area (Å²) in [6.07, 6.45) is 5.37. The standard InChI is InChI=1S/C10H15N5/c1-7(2)14(3)10-9-12-4-5-15(9)6-8(11)13-10/h4-7H,11H2,1-3H3. The van der Waals surface area contributed by atoms with Gasteiger partial charge >= 0.3 is 0 Å². The van der Waals surface area contributed by atoms with E-state index in [9.17, 15) is 0 Å². The van der Waals surface area contributed by atoms with Gasteiger partial charge in [0.1, 0.15) is 5.82 Å². The van der Waals surface area contributed by atoms with Crippen molar-refractivity contribution in [2.45, 2.75) is 19.9 Å². The van der Waals surface area contributed by atoms with Crippen molar-refractivity contribution < 1.29 is 0 Å². The molecular weight excluding hydrogens is 190 g/mol. The molecule has 5 heteroatoms. The molecule has 0 radical (unpaired) electrons. The second kappa shape index (κ2) is 3.42. The highest BCUT2D eigenvalue weighted by molar-refractivity contribution is 5.66. The fourth-order valence-corrected chi connectivity index (χ4v) is 1.42. The SMILES string of the molecule is CC(C)N(C)c1nc(N)cn2ccnc12. The molecule has 0 unspecified atom stereocenters. The lowest BCUT2D eigenvalue weighted by Crippen LogP contribution is -2.27. The summed E-state index contributed by atoms with van der Waals surface area (Å²) in [4.78, 5) is 10.6. The van der Waals surface area contributed by atoms with Gasteiger partial charge in [0.15, 0.2) is 11.5 Å². The van der Waals surface area contributed by atoms with Crippen LogP contribution in [0.4, 0.5) is 11.6 Å². The van der Waals surface area contributed by atoms with E-state index in [-0.39, 0.29) is 0 Å². The molecule has 2 N–H and O–H groups in total. The second-order valence-electron chi connectivity index (χ2n) is 3.85. The molecule has 5 nitrogen and oxygen atoms in total. The van der Waals surface area contributed by atoms with Crippen LogP contribution < -0.4 is 10.6 Å². The maximum absolute atomic E-state index is 5.74. The Labute approximate surface area is 88.5 Å².